The first kappa shape index (κ1) is 16.0. The molecule has 1 aliphatic rings. The van der Waals surface area contributed by atoms with Gasteiger partial charge in [0.15, 0.2) is 0 Å². The number of aromatic nitrogens is 2. The molecule has 0 spiro atoms. The maximum Gasteiger partial charge on any atom is 0.240 e. The van der Waals surface area contributed by atoms with Crippen LogP contribution in [0.2, 0.25) is 0 Å². The van der Waals surface area contributed by atoms with Crippen molar-refractivity contribution in [1.82, 2.24) is 14.9 Å². The molecule has 1 heterocycles. The van der Waals surface area contributed by atoms with Crippen LogP contribution in [0.4, 0.5) is 0 Å². The first-order chi connectivity index (χ1) is 10.2. The van der Waals surface area contributed by atoms with E-state index >= 15 is 0 Å². The predicted octanol–water partition coefficient (Wildman–Crippen LogP) is 0.880. The molecule has 2 N–H and O–H groups in total. The molecule has 0 aromatic carbocycles. The molecule has 1 amide bonds. The molecule has 0 aliphatic heterocycles. The monoisotopic (exact) mass is 295 g/mol. The Kier molecular flexibility index (Phi) is 5.76. The van der Waals surface area contributed by atoms with Crippen LogP contribution in [0.3, 0.4) is 0 Å². The lowest BCUT2D eigenvalue weighted by molar-refractivity contribution is -0.124. The van der Waals surface area contributed by atoms with Crippen molar-refractivity contribution in [2.24, 2.45) is 0 Å². The van der Waals surface area contributed by atoms with Crippen molar-refractivity contribution in [1.29, 1.82) is 0 Å². The van der Waals surface area contributed by atoms with Crippen LogP contribution < -0.4 is 5.32 Å². The standard InChI is InChI=1S/C15H25N3O3/c1-3-13-16-8-9-18(13)10-14(19)17-11-6-4-5-7-12(21-2)15(11)20/h8-9,11-12,15,20H,3-7,10H2,1-2H3,(H,17,19)/t11-,12-,15-/m1/s1. The van der Waals surface area contributed by atoms with E-state index in [4.69, 9.17) is 4.74 Å². The number of aliphatic hydroxyl groups is 1. The summed E-state index contributed by atoms with van der Waals surface area (Å²) in [6.07, 6.45) is 7.09. The zero-order valence-electron chi connectivity index (χ0n) is 12.8. The Morgan fingerprint density at radius 2 is 2.29 bits per heavy atom. The van der Waals surface area contributed by atoms with Gasteiger partial charge < -0.3 is 19.7 Å². The number of amides is 1. The molecule has 1 aromatic heterocycles. The number of carbonyl (C=O) groups is 1. The highest BCUT2D eigenvalue weighted by atomic mass is 16.5. The Morgan fingerprint density at radius 3 is 3.00 bits per heavy atom. The fraction of sp³-hybridized carbons (Fsp3) is 0.733. The van der Waals surface area contributed by atoms with E-state index in [2.05, 4.69) is 10.3 Å². The summed E-state index contributed by atoms with van der Waals surface area (Å²) in [6, 6.07) is -0.237. The first-order valence-corrected chi connectivity index (χ1v) is 7.66. The minimum absolute atomic E-state index is 0.0940. The van der Waals surface area contributed by atoms with Crippen LogP contribution in [0.15, 0.2) is 12.4 Å². The molecule has 1 saturated carbocycles. The van der Waals surface area contributed by atoms with E-state index in [1.807, 2.05) is 11.5 Å². The van der Waals surface area contributed by atoms with Crippen LogP contribution in [-0.2, 0) is 22.5 Å². The number of nitrogens with one attached hydrogen (secondary N) is 1. The minimum atomic E-state index is -0.644. The normalized spacial score (nSPS) is 26.3. The molecular weight excluding hydrogens is 270 g/mol. The number of imidazole rings is 1. The number of ether oxygens (including phenoxy) is 1. The second kappa shape index (κ2) is 7.56. The van der Waals surface area contributed by atoms with Gasteiger partial charge >= 0.3 is 0 Å². The van der Waals surface area contributed by atoms with Crippen LogP contribution >= 0.6 is 0 Å². The average molecular weight is 295 g/mol. The van der Waals surface area contributed by atoms with Gasteiger partial charge in [0.2, 0.25) is 5.91 Å². The summed E-state index contributed by atoms with van der Waals surface area (Å²) in [5.41, 5.74) is 0. The Morgan fingerprint density at radius 1 is 1.52 bits per heavy atom. The minimum Gasteiger partial charge on any atom is -0.388 e. The number of nitrogens with zero attached hydrogens (tertiary/aromatic N) is 2. The molecule has 6 nitrogen and oxygen atoms in total. The highest BCUT2D eigenvalue weighted by molar-refractivity contribution is 5.76. The zero-order valence-corrected chi connectivity index (χ0v) is 12.8. The molecule has 1 aromatic rings. The average Bonchev–Trinajstić information content (AvgIpc) is 2.84. The van der Waals surface area contributed by atoms with Crippen LogP contribution in [0.5, 0.6) is 0 Å². The Hall–Kier alpha value is -1.40. The summed E-state index contributed by atoms with van der Waals surface area (Å²) in [4.78, 5) is 16.4. The Balaban J connectivity index is 1.94. The molecule has 0 radical (unpaired) electrons. The third kappa shape index (κ3) is 4.04. The lowest BCUT2D eigenvalue weighted by Gasteiger charge is -2.27. The topological polar surface area (TPSA) is 76.4 Å². The van der Waals surface area contributed by atoms with Gasteiger partial charge in [-0.1, -0.05) is 19.8 Å². The SMILES string of the molecule is CCc1nccn1CC(=O)N[C@@H]1CCCC[C@@H](OC)[C@@H]1O. The molecule has 2 rings (SSSR count). The predicted molar refractivity (Wildman–Crippen MR) is 78.8 cm³/mol. The number of methoxy groups -OCH3 is 1. The van der Waals surface area contributed by atoms with Crippen molar-refractivity contribution in [2.45, 2.75) is 63.8 Å². The van der Waals surface area contributed by atoms with Crippen molar-refractivity contribution in [3.63, 3.8) is 0 Å². The maximum atomic E-state index is 12.2. The van der Waals surface area contributed by atoms with E-state index in [1.165, 1.54) is 0 Å². The van der Waals surface area contributed by atoms with E-state index < -0.39 is 6.10 Å². The van der Waals surface area contributed by atoms with Gasteiger partial charge in [-0.15, -0.1) is 0 Å². The number of hydrogen-bond donors (Lipinski definition) is 2. The van der Waals surface area contributed by atoms with E-state index in [0.717, 1.165) is 37.9 Å². The Labute approximate surface area is 125 Å². The number of carbonyl (C=O) groups excluding carboxylic acids is 1. The molecule has 6 heteroatoms. The smallest absolute Gasteiger partial charge is 0.240 e. The number of aliphatic hydroxyl groups excluding tert-OH is 1. The van der Waals surface area contributed by atoms with Crippen molar-refractivity contribution in [3.8, 4) is 0 Å². The zero-order chi connectivity index (χ0) is 15.2. The molecule has 21 heavy (non-hydrogen) atoms. The third-order valence-electron chi connectivity index (χ3n) is 4.13. The van der Waals surface area contributed by atoms with E-state index in [1.54, 1.807) is 19.5 Å². The van der Waals surface area contributed by atoms with E-state index in [-0.39, 0.29) is 24.6 Å². The van der Waals surface area contributed by atoms with Gasteiger partial charge in [-0.3, -0.25) is 4.79 Å². The van der Waals surface area contributed by atoms with Crippen LogP contribution in [0.25, 0.3) is 0 Å². The van der Waals surface area contributed by atoms with Crippen molar-refractivity contribution < 1.29 is 14.6 Å². The van der Waals surface area contributed by atoms with Crippen molar-refractivity contribution in [3.05, 3.63) is 18.2 Å². The van der Waals surface area contributed by atoms with Gasteiger partial charge in [-0.2, -0.15) is 0 Å². The Bertz CT molecular complexity index is 461. The van der Waals surface area contributed by atoms with Crippen LogP contribution in [-0.4, -0.2) is 45.9 Å². The summed E-state index contributed by atoms with van der Waals surface area (Å²) in [5, 5.41) is 13.3. The summed E-state index contributed by atoms with van der Waals surface area (Å²) in [7, 11) is 1.61. The van der Waals surface area contributed by atoms with E-state index in [0.29, 0.717) is 0 Å². The van der Waals surface area contributed by atoms with Gasteiger partial charge in [0.1, 0.15) is 18.5 Å². The number of aryl methyl sites for hydroxylation is 1. The molecule has 0 unspecified atom stereocenters. The van der Waals surface area contributed by atoms with Crippen LogP contribution in [0.1, 0.15) is 38.4 Å². The van der Waals surface area contributed by atoms with E-state index in [9.17, 15) is 9.90 Å². The number of rotatable bonds is 5. The second-order valence-electron chi connectivity index (χ2n) is 5.55. The molecule has 0 bridgehead atoms. The first-order valence-electron chi connectivity index (χ1n) is 7.66. The maximum absolute atomic E-state index is 12.2. The van der Waals surface area contributed by atoms with Gasteiger partial charge in [-0.05, 0) is 12.8 Å². The summed E-state index contributed by atoms with van der Waals surface area (Å²) >= 11 is 0. The second-order valence-corrected chi connectivity index (χ2v) is 5.55. The molecular formula is C15H25N3O3. The highest BCUT2D eigenvalue weighted by Gasteiger charge is 2.31. The summed E-state index contributed by atoms with van der Waals surface area (Å²) in [5.74, 6) is 0.796. The van der Waals surface area contributed by atoms with Gasteiger partial charge in [-0.25, -0.2) is 4.98 Å². The molecule has 3 atom stereocenters. The lowest BCUT2D eigenvalue weighted by Crippen LogP contribution is -2.48. The lowest BCUT2D eigenvalue weighted by atomic mass is 10.0. The molecule has 1 fully saturated rings. The van der Waals surface area contributed by atoms with Crippen LogP contribution in [0, 0.1) is 0 Å². The van der Waals surface area contributed by atoms with Crippen molar-refractivity contribution >= 4 is 5.91 Å². The molecule has 0 saturated heterocycles. The quantitative estimate of drug-likeness (QED) is 0.791. The molecule has 118 valence electrons. The summed E-state index contributed by atoms with van der Waals surface area (Å²) < 4.78 is 7.16. The largest absolute Gasteiger partial charge is 0.388 e. The fourth-order valence-electron chi connectivity index (χ4n) is 2.93. The number of hydrogen-bond acceptors (Lipinski definition) is 4. The fourth-order valence-corrected chi connectivity index (χ4v) is 2.93. The van der Waals surface area contributed by atoms with Crippen molar-refractivity contribution in [2.75, 3.05) is 7.11 Å². The third-order valence-corrected chi connectivity index (χ3v) is 4.13. The van der Waals surface area contributed by atoms with Gasteiger partial charge in [0, 0.05) is 25.9 Å². The molecule has 1 aliphatic carbocycles. The van der Waals surface area contributed by atoms with Gasteiger partial charge in [0.05, 0.1) is 12.1 Å². The van der Waals surface area contributed by atoms with Gasteiger partial charge in [0.25, 0.3) is 0 Å². The highest BCUT2D eigenvalue weighted by Crippen LogP contribution is 2.20. The summed E-state index contributed by atoms with van der Waals surface area (Å²) in [6.45, 7) is 2.25.